The second kappa shape index (κ2) is 6.47. The van der Waals surface area contributed by atoms with E-state index in [1.165, 1.54) is 0 Å². The second-order valence-corrected chi connectivity index (χ2v) is 6.02. The quantitative estimate of drug-likeness (QED) is 0.575. The van der Waals surface area contributed by atoms with Gasteiger partial charge in [-0.2, -0.15) is 9.61 Å². The van der Waals surface area contributed by atoms with E-state index in [-0.39, 0.29) is 11.7 Å². The molecule has 0 saturated carbocycles. The largest absolute Gasteiger partial charge is 0.508 e. The van der Waals surface area contributed by atoms with Gasteiger partial charge in [0, 0.05) is 18.5 Å². The van der Waals surface area contributed by atoms with Crippen molar-refractivity contribution in [1.82, 2.24) is 29.6 Å². The van der Waals surface area contributed by atoms with E-state index in [9.17, 15) is 5.11 Å². The molecule has 0 aliphatic rings. The van der Waals surface area contributed by atoms with E-state index in [2.05, 4.69) is 25.7 Å². The van der Waals surface area contributed by atoms with Crippen LogP contribution in [-0.2, 0) is 6.54 Å². The number of aryl methyl sites for hydroxylation is 1. The van der Waals surface area contributed by atoms with Crippen molar-refractivity contribution in [1.29, 1.82) is 0 Å². The first-order valence-corrected chi connectivity index (χ1v) is 8.46. The Morgan fingerprint density at radius 2 is 1.88 bits per heavy atom. The van der Waals surface area contributed by atoms with Crippen LogP contribution in [0, 0.1) is 0 Å². The first-order valence-electron chi connectivity index (χ1n) is 8.46. The van der Waals surface area contributed by atoms with Gasteiger partial charge in [-0.05, 0) is 36.8 Å². The van der Waals surface area contributed by atoms with E-state index in [1.807, 2.05) is 48.9 Å². The van der Waals surface area contributed by atoms with Gasteiger partial charge in [-0.3, -0.25) is 0 Å². The average Bonchev–Trinajstić information content (AvgIpc) is 3.28. The van der Waals surface area contributed by atoms with Gasteiger partial charge in [-0.1, -0.05) is 19.1 Å². The van der Waals surface area contributed by atoms with Gasteiger partial charge < -0.3 is 10.4 Å². The van der Waals surface area contributed by atoms with Crippen LogP contribution in [0.1, 0.15) is 31.2 Å². The second-order valence-electron chi connectivity index (χ2n) is 6.02. The zero-order valence-electron chi connectivity index (χ0n) is 14.5. The number of rotatable bonds is 5. The fourth-order valence-electron chi connectivity index (χ4n) is 2.88. The molecule has 26 heavy (non-hydrogen) atoms. The molecule has 4 aromatic rings. The standard InChI is InChI=1S/C18H19N7O/c1-3-24-16(10-11-19-24)20-15-8-9-17-21-22-18(25(17)23-15)12(2)13-4-6-14(26)7-5-13/h4-12,26H,3H2,1-2H3,(H,20,23)/t12-/m0/s1. The van der Waals surface area contributed by atoms with Crippen molar-refractivity contribution in [2.24, 2.45) is 0 Å². The third-order valence-electron chi connectivity index (χ3n) is 4.34. The minimum atomic E-state index is -0.0190. The smallest absolute Gasteiger partial charge is 0.178 e. The summed E-state index contributed by atoms with van der Waals surface area (Å²) < 4.78 is 3.60. The lowest BCUT2D eigenvalue weighted by molar-refractivity contribution is 0.475. The average molecular weight is 349 g/mol. The summed E-state index contributed by atoms with van der Waals surface area (Å²) >= 11 is 0. The predicted molar refractivity (Wildman–Crippen MR) is 97.6 cm³/mol. The molecule has 2 N–H and O–H groups in total. The van der Waals surface area contributed by atoms with Crippen molar-refractivity contribution < 1.29 is 5.11 Å². The van der Waals surface area contributed by atoms with Gasteiger partial charge >= 0.3 is 0 Å². The highest BCUT2D eigenvalue weighted by molar-refractivity contribution is 5.53. The van der Waals surface area contributed by atoms with Crippen LogP contribution in [0.4, 0.5) is 11.6 Å². The number of phenols is 1. The number of nitrogens with zero attached hydrogens (tertiary/aromatic N) is 6. The van der Waals surface area contributed by atoms with Gasteiger partial charge in [0.15, 0.2) is 17.3 Å². The zero-order chi connectivity index (χ0) is 18.1. The number of aromatic nitrogens is 6. The minimum Gasteiger partial charge on any atom is -0.508 e. The Labute approximate surface area is 150 Å². The number of hydrogen-bond donors (Lipinski definition) is 2. The number of phenolic OH excluding ortho intramolecular Hbond substituents is 1. The molecule has 1 atom stereocenters. The molecule has 0 bridgehead atoms. The Morgan fingerprint density at radius 1 is 1.08 bits per heavy atom. The Hall–Kier alpha value is -3.42. The highest BCUT2D eigenvalue weighted by Crippen LogP contribution is 2.25. The molecule has 0 spiro atoms. The van der Waals surface area contributed by atoms with Crippen molar-refractivity contribution >= 4 is 17.3 Å². The fourth-order valence-corrected chi connectivity index (χ4v) is 2.88. The highest BCUT2D eigenvalue weighted by atomic mass is 16.3. The molecule has 1 aromatic carbocycles. The molecule has 0 saturated heterocycles. The molecule has 0 fully saturated rings. The molecule has 4 rings (SSSR count). The van der Waals surface area contributed by atoms with Crippen molar-refractivity contribution in [3.63, 3.8) is 0 Å². The summed E-state index contributed by atoms with van der Waals surface area (Å²) in [5, 5.41) is 30.2. The molecule has 132 valence electrons. The van der Waals surface area contributed by atoms with E-state index in [1.54, 1.807) is 22.8 Å². The summed E-state index contributed by atoms with van der Waals surface area (Å²) in [5.41, 5.74) is 1.71. The third kappa shape index (κ3) is 2.85. The number of aromatic hydroxyl groups is 1. The summed E-state index contributed by atoms with van der Waals surface area (Å²) in [6, 6.07) is 12.7. The number of fused-ring (bicyclic) bond motifs is 1. The summed E-state index contributed by atoms with van der Waals surface area (Å²) in [5.74, 6) is 2.52. The van der Waals surface area contributed by atoms with Gasteiger partial charge in [0.05, 0.1) is 6.20 Å². The normalized spacial score (nSPS) is 12.4. The Morgan fingerprint density at radius 3 is 2.65 bits per heavy atom. The van der Waals surface area contributed by atoms with Crippen LogP contribution in [-0.4, -0.2) is 34.7 Å². The molecule has 0 amide bonds. The summed E-state index contributed by atoms with van der Waals surface area (Å²) in [7, 11) is 0. The Bertz CT molecular complexity index is 1040. The topological polar surface area (TPSA) is 93.2 Å². The lowest BCUT2D eigenvalue weighted by Gasteiger charge is -2.11. The Balaban J connectivity index is 1.69. The Kier molecular flexibility index (Phi) is 4.00. The summed E-state index contributed by atoms with van der Waals surface area (Å²) in [4.78, 5) is 0. The highest BCUT2D eigenvalue weighted by Gasteiger charge is 2.17. The lowest BCUT2D eigenvalue weighted by Crippen LogP contribution is -2.08. The number of anilines is 2. The third-order valence-corrected chi connectivity index (χ3v) is 4.34. The van der Waals surface area contributed by atoms with E-state index in [4.69, 9.17) is 0 Å². The molecule has 3 aromatic heterocycles. The van der Waals surface area contributed by atoms with E-state index in [0.29, 0.717) is 11.5 Å². The molecule has 0 aliphatic carbocycles. The number of benzene rings is 1. The minimum absolute atomic E-state index is 0.0190. The van der Waals surface area contributed by atoms with Gasteiger partial charge in [0.1, 0.15) is 11.6 Å². The summed E-state index contributed by atoms with van der Waals surface area (Å²) in [6.07, 6.45) is 1.75. The maximum Gasteiger partial charge on any atom is 0.178 e. The van der Waals surface area contributed by atoms with Gasteiger partial charge in [-0.15, -0.1) is 15.3 Å². The maximum atomic E-state index is 9.48. The van der Waals surface area contributed by atoms with Crippen LogP contribution < -0.4 is 5.32 Å². The van der Waals surface area contributed by atoms with Crippen LogP contribution in [0.15, 0.2) is 48.7 Å². The first kappa shape index (κ1) is 16.1. The molecule has 3 heterocycles. The van der Waals surface area contributed by atoms with Crippen LogP contribution in [0.2, 0.25) is 0 Å². The van der Waals surface area contributed by atoms with E-state index in [0.717, 1.165) is 23.8 Å². The maximum absolute atomic E-state index is 9.48. The monoisotopic (exact) mass is 349 g/mol. The number of hydrogen-bond acceptors (Lipinski definition) is 6. The SMILES string of the molecule is CCn1nccc1Nc1ccc2nnc([C@@H](C)c3ccc(O)cc3)n2n1. The van der Waals surface area contributed by atoms with Crippen molar-refractivity contribution in [2.75, 3.05) is 5.32 Å². The molecule has 0 aliphatic heterocycles. The molecule has 0 unspecified atom stereocenters. The van der Waals surface area contributed by atoms with E-state index >= 15 is 0 Å². The fraction of sp³-hybridized carbons (Fsp3) is 0.222. The van der Waals surface area contributed by atoms with Crippen LogP contribution >= 0.6 is 0 Å². The molecule has 0 radical (unpaired) electrons. The molecule has 8 heteroatoms. The summed E-state index contributed by atoms with van der Waals surface area (Å²) in [6.45, 7) is 4.84. The molecule has 8 nitrogen and oxygen atoms in total. The first-order chi connectivity index (χ1) is 12.7. The lowest BCUT2D eigenvalue weighted by atomic mass is 10.0. The van der Waals surface area contributed by atoms with E-state index < -0.39 is 0 Å². The van der Waals surface area contributed by atoms with Crippen LogP contribution in [0.3, 0.4) is 0 Å². The zero-order valence-corrected chi connectivity index (χ0v) is 14.5. The van der Waals surface area contributed by atoms with Crippen molar-refractivity contribution in [2.45, 2.75) is 26.3 Å². The van der Waals surface area contributed by atoms with Crippen LogP contribution in [0.25, 0.3) is 5.65 Å². The van der Waals surface area contributed by atoms with Gasteiger partial charge in [0.2, 0.25) is 0 Å². The van der Waals surface area contributed by atoms with Gasteiger partial charge in [0.25, 0.3) is 0 Å². The van der Waals surface area contributed by atoms with Gasteiger partial charge in [-0.25, -0.2) is 4.68 Å². The number of nitrogens with one attached hydrogen (secondary N) is 1. The van der Waals surface area contributed by atoms with Crippen LogP contribution in [0.5, 0.6) is 5.75 Å². The molecular formula is C18H19N7O. The predicted octanol–water partition coefficient (Wildman–Crippen LogP) is 2.94. The molecular weight excluding hydrogens is 330 g/mol. The van der Waals surface area contributed by atoms with Crippen molar-refractivity contribution in [3.8, 4) is 5.75 Å². The van der Waals surface area contributed by atoms with Crippen molar-refractivity contribution in [3.05, 3.63) is 60.0 Å².